The number of carbonyl (C=O) groups excluding carboxylic acids is 1. The summed E-state index contributed by atoms with van der Waals surface area (Å²) in [5.74, 6) is 0.123. The van der Waals surface area contributed by atoms with Crippen LogP contribution in [0.15, 0.2) is 84.2 Å². The van der Waals surface area contributed by atoms with E-state index in [1.165, 1.54) is 11.1 Å². The lowest BCUT2D eigenvalue weighted by Crippen LogP contribution is -2.42. The van der Waals surface area contributed by atoms with Gasteiger partial charge < -0.3 is 10.5 Å². The predicted octanol–water partition coefficient (Wildman–Crippen LogP) is 4.09. The van der Waals surface area contributed by atoms with E-state index < -0.39 is 11.5 Å². The Bertz CT molecular complexity index is 1500. The number of aliphatic imine (C=N–C) groups is 1. The van der Waals surface area contributed by atoms with Gasteiger partial charge in [-0.15, -0.1) is 0 Å². The molecule has 166 valence electrons. The summed E-state index contributed by atoms with van der Waals surface area (Å²) in [5.41, 5.74) is 8.32. The molecule has 4 aromatic rings. The van der Waals surface area contributed by atoms with E-state index in [2.05, 4.69) is 15.0 Å². The monoisotopic (exact) mass is 451 g/mol. The number of carbonyl (C=O) groups is 1. The van der Waals surface area contributed by atoms with Gasteiger partial charge in [0.1, 0.15) is 11.5 Å². The van der Waals surface area contributed by atoms with Crippen LogP contribution in [0.1, 0.15) is 11.1 Å². The van der Waals surface area contributed by atoms with E-state index in [9.17, 15) is 9.18 Å². The summed E-state index contributed by atoms with van der Waals surface area (Å²) in [6, 6.07) is 17.8. The van der Waals surface area contributed by atoms with Crippen molar-refractivity contribution in [3.05, 3.63) is 96.3 Å². The summed E-state index contributed by atoms with van der Waals surface area (Å²) in [5, 5.41) is 0. The molecular weight excluding hydrogens is 433 g/mol. The smallest absolute Gasteiger partial charge is 0.266 e. The normalized spacial score (nSPS) is 18.4. The summed E-state index contributed by atoms with van der Waals surface area (Å²) < 4.78 is 20.7. The van der Waals surface area contributed by atoms with Gasteiger partial charge in [0.25, 0.3) is 5.91 Å². The van der Waals surface area contributed by atoms with Gasteiger partial charge in [0.05, 0.1) is 0 Å². The van der Waals surface area contributed by atoms with Gasteiger partial charge in [-0.2, -0.15) is 4.39 Å². The van der Waals surface area contributed by atoms with E-state index in [4.69, 9.17) is 10.5 Å². The van der Waals surface area contributed by atoms with Crippen LogP contribution in [-0.4, -0.2) is 33.8 Å². The fourth-order valence-electron chi connectivity index (χ4n) is 4.54. The van der Waals surface area contributed by atoms with E-state index in [1.54, 1.807) is 49.8 Å². The third-order valence-electron chi connectivity index (χ3n) is 6.26. The number of fused-ring (bicyclic) bond motifs is 4. The molecule has 1 atom stereocenters. The van der Waals surface area contributed by atoms with Crippen molar-refractivity contribution in [3.8, 4) is 33.8 Å². The van der Waals surface area contributed by atoms with Crippen LogP contribution < -0.4 is 10.5 Å². The van der Waals surface area contributed by atoms with Crippen molar-refractivity contribution in [2.75, 3.05) is 7.05 Å². The summed E-state index contributed by atoms with van der Waals surface area (Å²) in [7, 11) is 1.58. The predicted molar refractivity (Wildman–Crippen MR) is 125 cm³/mol. The van der Waals surface area contributed by atoms with Gasteiger partial charge in [-0.25, -0.2) is 9.98 Å². The number of amides is 1. The average molecular weight is 451 g/mol. The highest BCUT2D eigenvalue weighted by Gasteiger charge is 2.54. The van der Waals surface area contributed by atoms with Gasteiger partial charge in [-0.05, 0) is 53.6 Å². The number of nitrogens with zero attached hydrogens (tertiary/aromatic N) is 4. The zero-order valence-electron chi connectivity index (χ0n) is 18.1. The first-order valence-corrected chi connectivity index (χ1v) is 10.6. The quantitative estimate of drug-likeness (QED) is 0.464. The van der Waals surface area contributed by atoms with E-state index in [1.807, 2.05) is 30.3 Å². The lowest BCUT2D eigenvalue weighted by Gasteiger charge is -2.34. The minimum Gasteiger partial charge on any atom is -0.457 e. The zero-order chi connectivity index (χ0) is 23.4. The molecule has 1 unspecified atom stereocenters. The molecule has 6 rings (SSSR count). The Balaban J connectivity index is 1.62. The first kappa shape index (κ1) is 20.0. The molecule has 2 aliphatic rings. The molecule has 0 saturated carbocycles. The summed E-state index contributed by atoms with van der Waals surface area (Å²) in [6.45, 7) is 0. The lowest BCUT2D eigenvalue weighted by atomic mass is 9.78. The third-order valence-corrected chi connectivity index (χ3v) is 6.26. The Labute approximate surface area is 194 Å². The number of hydrogen-bond donors (Lipinski definition) is 1. The number of aromatic nitrogens is 2. The maximum atomic E-state index is 14.5. The van der Waals surface area contributed by atoms with Crippen LogP contribution in [0.25, 0.3) is 22.3 Å². The highest BCUT2D eigenvalue weighted by molar-refractivity contribution is 6.10. The van der Waals surface area contributed by atoms with E-state index >= 15 is 0 Å². The first-order chi connectivity index (χ1) is 16.5. The van der Waals surface area contributed by atoms with E-state index in [0.717, 1.165) is 11.1 Å². The summed E-state index contributed by atoms with van der Waals surface area (Å²) in [6.07, 6.45) is 4.83. The molecule has 2 aromatic carbocycles. The second-order valence-corrected chi connectivity index (χ2v) is 8.15. The van der Waals surface area contributed by atoms with E-state index in [-0.39, 0.29) is 11.9 Å². The Hall–Kier alpha value is -4.59. The molecule has 2 aromatic heterocycles. The highest BCUT2D eigenvalue weighted by atomic mass is 19.1. The number of rotatable bonds is 2. The number of pyridine rings is 2. The minimum absolute atomic E-state index is 0.0912. The van der Waals surface area contributed by atoms with Gasteiger partial charge in [-0.3, -0.25) is 14.7 Å². The summed E-state index contributed by atoms with van der Waals surface area (Å²) >= 11 is 0. The molecular formula is C26H18FN5O2. The number of benzene rings is 2. The molecule has 4 heterocycles. The molecule has 0 bridgehead atoms. The topological polar surface area (TPSA) is 93.7 Å². The van der Waals surface area contributed by atoms with Crippen molar-refractivity contribution in [2.45, 2.75) is 5.54 Å². The average Bonchev–Trinajstić information content (AvgIpc) is 3.09. The van der Waals surface area contributed by atoms with Crippen LogP contribution >= 0.6 is 0 Å². The molecule has 8 heteroatoms. The van der Waals surface area contributed by atoms with Crippen molar-refractivity contribution in [1.82, 2.24) is 14.9 Å². The van der Waals surface area contributed by atoms with Crippen LogP contribution in [0, 0.1) is 5.95 Å². The molecule has 7 nitrogen and oxygen atoms in total. The number of guanidine groups is 1. The van der Waals surface area contributed by atoms with Crippen molar-refractivity contribution in [1.29, 1.82) is 0 Å². The molecule has 0 fully saturated rings. The second-order valence-electron chi connectivity index (χ2n) is 8.15. The van der Waals surface area contributed by atoms with Crippen molar-refractivity contribution in [3.63, 3.8) is 0 Å². The number of hydrogen-bond acceptors (Lipinski definition) is 6. The van der Waals surface area contributed by atoms with Crippen molar-refractivity contribution < 1.29 is 13.9 Å². The van der Waals surface area contributed by atoms with Gasteiger partial charge in [-0.1, -0.05) is 18.2 Å². The first-order valence-electron chi connectivity index (χ1n) is 10.6. The second kappa shape index (κ2) is 7.21. The van der Waals surface area contributed by atoms with Gasteiger partial charge >= 0.3 is 0 Å². The molecule has 1 amide bonds. The fraction of sp³-hybridized carbons (Fsp3) is 0.0769. The SMILES string of the molecule is CN1C(=O)C2(N=C1N)c1cc(-c3cccnc3)ccc1Oc1ccc(-c3cccnc3F)cc12. The number of ether oxygens (including phenoxy) is 1. The maximum absolute atomic E-state index is 14.5. The molecule has 2 N–H and O–H groups in total. The molecule has 0 aliphatic carbocycles. The van der Waals surface area contributed by atoms with Crippen LogP contribution in [0.3, 0.4) is 0 Å². The Kier molecular flexibility index (Phi) is 4.25. The van der Waals surface area contributed by atoms with Crippen LogP contribution in [0.4, 0.5) is 4.39 Å². The molecule has 0 radical (unpaired) electrons. The highest BCUT2D eigenvalue weighted by Crippen LogP contribution is 2.53. The fourth-order valence-corrected chi connectivity index (χ4v) is 4.54. The van der Waals surface area contributed by atoms with Crippen LogP contribution in [-0.2, 0) is 10.3 Å². The van der Waals surface area contributed by atoms with Crippen molar-refractivity contribution in [2.24, 2.45) is 10.7 Å². The largest absolute Gasteiger partial charge is 0.457 e. The van der Waals surface area contributed by atoms with Crippen molar-refractivity contribution >= 4 is 11.9 Å². The molecule has 34 heavy (non-hydrogen) atoms. The van der Waals surface area contributed by atoms with Gasteiger partial charge in [0.2, 0.25) is 11.5 Å². The van der Waals surface area contributed by atoms with Crippen LogP contribution in [0.2, 0.25) is 0 Å². The number of halogens is 1. The van der Waals surface area contributed by atoms with Crippen LogP contribution in [0.5, 0.6) is 11.5 Å². The third kappa shape index (κ3) is 2.75. The molecule has 2 aliphatic heterocycles. The number of likely N-dealkylation sites (N-methyl/N-ethyl adjacent to an activating group) is 1. The van der Waals surface area contributed by atoms with Gasteiger partial charge in [0.15, 0.2) is 5.96 Å². The standard InChI is InChI=1S/C26H18FN5O2/c1-32-24(33)26(31-25(32)28)19-12-15(17-4-2-10-29-14-17)6-8-21(19)34-22-9-7-16(13-20(22)26)18-5-3-11-30-23(18)27/h2-14H,1H3,(H2,28,31). The zero-order valence-corrected chi connectivity index (χ0v) is 18.1. The Morgan fingerprint density at radius 1 is 0.941 bits per heavy atom. The lowest BCUT2D eigenvalue weighted by molar-refractivity contribution is -0.129. The number of nitrogens with two attached hydrogens (primary N) is 1. The van der Waals surface area contributed by atoms with Gasteiger partial charge in [0, 0.05) is 47.9 Å². The molecule has 1 spiro atoms. The maximum Gasteiger partial charge on any atom is 0.266 e. The minimum atomic E-state index is -1.46. The summed E-state index contributed by atoms with van der Waals surface area (Å²) in [4.78, 5) is 27.7. The molecule has 0 saturated heterocycles. The Morgan fingerprint density at radius 3 is 2.29 bits per heavy atom. The Morgan fingerprint density at radius 2 is 1.65 bits per heavy atom. The van der Waals surface area contributed by atoms with E-state index in [0.29, 0.717) is 33.8 Å².